The highest BCUT2D eigenvalue weighted by Gasteiger charge is 2.28. The average Bonchev–Trinajstić information content (AvgIpc) is 3.14. The highest BCUT2D eigenvalue weighted by Crippen LogP contribution is 2.31. The van der Waals surface area contributed by atoms with E-state index < -0.39 is 6.10 Å². The summed E-state index contributed by atoms with van der Waals surface area (Å²) in [5.74, 6) is 0. The van der Waals surface area contributed by atoms with Crippen LogP contribution in [0.1, 0.15) is 31.4 Å². The van der Waals surface area contributed by atoms with Crippen LogP contribution in [-0.4, -0.2) is 31.4 Å². The van der Waals surface area contributed by atoms with E-state index in [4.69, 9.17) is 4.74 Å². The summed E-state index contributed by atoms with van der Waals surface area (Å²) in [6.07, 6.45) is 2.17. The first-order valence-electron chi connectivity index (χ1n) is 6.26. The number of hydrogen-bond acceptors (Lipinski definition) is 3. The van der Waals surface area contributed by atoms with E-state index in [1.165, 1.54) is 18.5 Å². The van der Waals surface area contributed by atoms with Crippen LogP contribution in [-0.2, 0) is 4.74 Å². The van der Waals surface area contributed by atoms with E-state index in [0.717, 1.165) is 18.7 Å². The van der Waals surface area contributed by atoms with Crippen molar-refractivity contribution < 1.29 is 9.84 Å². The summed E-state index contributed by atoms with van der Waals surface area (Å²) in [5, 5.41) is 9.48. The Balaban J connectivity index is 2.07. The fourth-order valence-corrected chi connectivity index (χ4v) is 2.04. The van der Waals surface area contributed by atoms with Crippen LogP contribution in [0.2, 0.25) is 0 Å². The second kappa shape index (κ2) is 5.52. The van der Waals surface area contributed by atoms with E-state index in [9.17, 15) is 5.11 Å². The number of aliphatic hydroxyl groups excluding tert-OH is 1. The fraction of sp³-hybridized carbons (Fsp3) is 0.571. The summed E-state index contributed by atoms with van der Waals surface area (Å²) in [6, 6.07) is 8.87. The molecule has 0 aromatic heterocycles. The molecule has 0 radical (unpaired) electrons. The third kappa shape index (κ3) is 3.20. The Morgan fingerprint density at radius 1 is 1.35 bits per heavy atom. The molecule has 1 N–H and O–H groups in total. The molecule has 1 fully saturated rings. The van der Waals surface area contributed by atoms with Crippen LogP contribution in [0.3, 0.4) is 0 Å². The van der Waals surface area contributed by atoms with Gasteiger partial charge in [-0.25, -0.2) is 0 Å². The molecule has 1 aromatic rings. The van der Waals surface area contributed by atoms with E-state index in [1.807, 2.05) is 12.1 Å². The quantitative estimate of drug-likeness (QED) is 0.821. The van der Waals surface area contributed by atoms with Crippen LogP contribution in [0.25, 0.3) is 0 Å². The lowest BCUT2D eigenvalue weighted by Gasteiger charge is -2.24. The van der Waals surface area contributed by atoms with Crippen molar-refractivity contribution in [1.82, 2.24) is 0 Å². The van der Waals surface area contributed by atoms with Crippen LogP contribution in [0, 0.1) is 0 Å². The lowest BCUT2D eigenvalue weighted by Crippen LogP contribution is -2.29. The molecule has 0 unspecified atom stereocenters. The van der Waals surface area contributed by atoms with E-state index >= 15 is 0 Å². The van der Waals surface area contributed by atoms with Crippen LogP contribution >= 0.6 is 0 Å². The maximum absolute atomic E-state index is 9.48. The lowest BCUT2D eigenvalue weighted by atomic mass is 10.1. The van der Waals surface area contributed by atoms with Gasteiger partial charge in [0.15, 0.2) is 0 Å². The highest BCUT2D eigenvalue weighted by atomic mass is 16.5. The standard InChI is InChI=1S/C14H21NO2/c1-11(16)12-3-5-13(6-4-12)15(9-10-17-2)14-7-8-14/h3-6,11,14,16H,7-10H2,1-2H3/t11-/m0/s1. The van der Waals surface area contributed by atoms with Crippen LogP contribution in [0.15, 0.2) is 24.3 Å². The highest BCUT2D eigenvalue weighted by molar-refractivity contribution is 5.50. The first-order valence-corrected chi connectivity index (χ1v) is 6.26. The first-order chi connectivity index (χ1) is 8.22. The molecular weight excluding hydrogens is 214 g/mol. The molecule has 1 aromatic carbocycles. The summed E-state index contributed by atoms with van der Waals surface area (Å²) in [4.78, 5) is 2.40. The van der Waals surface area contributed by atoms with Gasteiger partial charge >= 0.3 is 0 Å². The van der Waals surface area contributed by atoms with E-state index in [-0.39, 0.29) is 0 Å². The van der Waals surface area contributed by atoms with Crippen molar-refractivity contribution in [3.8, 4) is 0 Å². The van der Waals surface area contributed by atoms with Crippen molar-refractivity contribution in [2.45, 2.75) is 31.9 Å². The van der Waals surface area contributed by atoms with Crippen molar-refractivity contribution >= 4 is 5.69 Å². The van der Waals surface area contributed by atoms with Gasteiger partial charge in [0.2, 0.25) is 0 Å². The molecule has 0 spiro atoms. The lowest BCUT2D eigenvalue weighted by molar-refractivity contribution is 0.199. The Morgan fingerprint density at radius 2 is 2.00 bits per heavy atom. The first kappa shape index (κ1) is 12.4. The molecule has 0 amide bonds. The number of ether oxygens (including phenoxy) is 1. The van der Waals surface area contributed by atoms with Gasteiger partial charge in [0, 0.05) is 25.4 Å². The average molecular weight is 235 g/mol. The van der Waals surface area contributed by atoms with Gasteiger partial charge in [0.25, 0.3) is 0 Å². The monoisotopic (exact) mass is 235 g/mol. The summed E-state index contributed by atoms with van der Waals surface area (Å²) < 4.78 is 5.15. The topological polar surface area (TPSA) is 32.7 Å². The van der Waals surface area contributed by atoms with Crippen molar-refractivity contribution in [3.05, 3.63) is 29.8 Å². The summed E-state index contributed by atoms with van der Waals surface area (Å²) in [5.41, 5.74) is 2.20. The Hall–Kier alpha value is -1.06. The molecule has 0 aliphatic heterocycles. The van der Waals surface area contributed by atoms with Crippen molar-refractivity contribution in [3.63, 3.8) is 0 Å². The molecule has 3 heteroatoms. The van der Waals surface area contributed by atoms with Crippen LogP contribution in [0.4, 0.5) is 5.69 Å². The number of aliphatic hydroxyl groups is 1. The molecule has 17 heavy (non-hydrogen) atoms. The van der Waals surface area contributed by atoms with Crippen LogP contribution < -0.4 is 4.90 Å². The smallest absolute Gasteiger partial charge is 0.0761 e. The van der Waals surface area contributed by atoms with E-state index in [0.29, 0.717) is 6.04 Å². The summed E-state index contributed by atoms with van der Waals surface area (Å²) >= 11 is 0. The Kier molecular flexibility index (Phi) is 4.02. The minimum atomic E-state index is -0.391. The number of rotatable bonds is 6. The predicted octanol–water partition coefficient (Wildman–Crippen LogP) is 2.36. The maximum atomic E-state index is 9.48. The van der Waals surface area contributed by atoms with Gasteiger partial charge in [0.05, 0.1) is 12.7 Å². The third-order valence-corrected chi connectivity index (χ3v) is 3.23. The van der Waals surface area contributed by atoms with Crippen molar-refractivity contribution in [1.29, 1.82) is 0 Å². The minimum Gasteiger partial charge on any atom is -0.389 e. The molecular formula is C14H21NO2. The minimum absolute atomic E-state index is 0.391. The molecule has 1 aliphatic rings. The zero-order valence-corrected chi connectivity index (χ0v) is 10.6. The van der Waals surface area contributed by atoms with Gasteiger partial charge in [-0.05, 0) is 37.5 Å². The number of anilines is 1. The largest absolute Gasteiger partial charge is 0.389 e. The zero-order valence-electron chi connectivity index (χ0n) is 10.6. The molecule has 2 rings (SSSR count). The normalized spacial score (nSPS) is 16.9. The number of benzene rings is 1. The number of nitrogens with zero attached hydrogens (tertiary/aromatic N) is 1. The predicted molar refractivity (Wildman–Crippen MR) is 69.3 cm³/mol. The van der Waals surface area contributed by atoms with Gasteiger partial charge in [-0.15, -0.1) is 0 Å². The maximum Gasteiger partial charge on any atom is 0.0761 e. The molecule has 94 valence electrons. The summed E-state index contributed by atoms with van der Waals surface area (Å²) in [6.45, 7) is 3.49. The van der Waals surface area contributed by atoms with Gasteiger partial charge in [-0.3, -0.25) is 0 Å². The molecule has 1 saturated carbocycles. The zero-order chi connectivity index (χ0) is 12.3. The summed E-state index contributed by atoms with van der Waals surface area (Å²) in [7, 11) is 1.74. The molecule has 0 heterocycles. The van der Waals surface area contributed by atoms with Gasteiger partial charge in [-0.1, -0.05) is 12.1 Å². The SMILES string of the molecule is COCCN(c1ccc([C@H](C)O)cc1)C1CC1. The molecule has 0 bridgehead atoms. The Bertz CT molecular complexity index is 344. The Morgan fingerprint density at radius 3 is 2.47 bits per heavy atom. The van der Waals surface area contributed by atoms with Crippen molar-refractivity contribution in [2.75, 3.05) is 25.2 Å². The van der Waals surface area contributed by atoms with E-state index in [1.54, 1.807) is 14.0 Å². The second-order valence-corrected chi connectivity index (χ2v) is 4.68. The van der Waals surface area contributed by atoms with E-state index in [2.05, 4.69) is 17.0 Å². The Labute approximate surface area is 103 Å². The molecule has 1 aliphatic carbocycles. The second-order valence-electron chi connectivity index (χ2n) is 4.68. The van der Waals surface area contributed by atoms with Gasteiger partial charge in [0.1, 0.15) is 0 Å². The molecule has 0 saturated heterocycles. The number of hydrogen-bond donors (Lipinski definition) is 1. The molecule has 3 nitrogen and oxygen atoms in total. The van der Waals surface area contributed by atoms with Crippen LogP contribution in [0.5, 0.6) is 0 Å². The fourth-order valence-electron chi connectivity index (χ4n) is 2.04. The van der Waals surface area contributed by atoms with Crippen molar-refractivity contribution in [2.24, 2.45) is 0 Å². The van der Waals surface area contributed by atoms with Gasteiger partial charge in [-0.2, -0.15) is 0 Å². The number of methoxy groups -OCH3 is 1. The third-order valence-electron chi connectivity index (χ3n) is 3.23. The van der Waals surface area contributed by atoms with Gasteiger partial charge < -0.3 is 14.7 Å². The molecule has 1 atom stereocenters.